The minimum absolute atomic E-state index is 0.148. The van der Waals surface area contributed by atoms with Crippen molar-refractivity contribution in [2.24, 2.45) is 0 Å². The topological polar surface area (TPSA) is 123 Å². The monoisotopic (exact) mass is 251 g/mol. The SMILES string of the molecule is CCOC(=O)c1cnn(-c2n[nH]c(=O)[nH]c2=O)c1. The second-order valence-corrected chi connectivity index (χ2v) is 3.22. The molecule has 2 rings (SSSR count). The molecule has 9 heteroatoms. The van der Waals surface area contributed by atoms with Crippen molar-refractivity contribution in [3.63, 3.8) is 0 Å². The van der Waals surface area contributed by atoms with Crippen LogP contribution in [0, 0.1) is 0 Å². The molecule has 0 spiro atoms. The van der Waals surface area contributed by atoms with E-state index in [4.69, 9.17) is 4.74 Å². The number of rotatable bonds is 3. The standard InChI is InChI=1S/C9H9N5O4/c1-2-18-8(16)5-3-10-14(4-5)6-7(15)11-9(17)13-12-6/h3-4H,2H2,1H3,(H2,11,13,15,17). The molecular formula is C9H9N5O4. The van der Waals surface area contributed by atoms with E-state index in [1.165, 1.54) is 12.4 Å². The van der Waals surface area contributed by atoms with Crippen LogP contribution in [0.4, 0.5) is 0 Å². The second-order valence-electron chi connectivity index (χ2n) is 3.22. The highest BCUT2D eigenvalue weighted by atomic mass is 16.5. The van der Waals surface area contributed by atoms with Crippen LogP contribution in [-0.4, -0.2) is 37.5 Å². The number of nitrogens with zero attached hydrogens (tertiary/aromatic N) is 3. The molecule has 0 aromatic carbocycles. The van der Waals surface area contributed by atoms with E-state index in [1.807, 2.05) is 4.98 Å². The zero-order chi connectivity index (χ0) is 13.1. The number of hydrogen-bond acceptors (Lipinski definition) is 6. The number of hydrogen-bond donors (Lipinski definition) is 2. The van der Waals surface area contributed by atoms with E-state index in [-0.39, 0.29) is 18.0 Å². The van der Waals surface area contributed by atoms with Gasteiger partial charge in [0.2, 0.25) is 5.82 Å². The summed E-state index contributed by atoms with van der Waals surface area (Å²) in [5.74, 6) is -0.699. The minimum Gasteiger partial charge on any atom is -0.462 e. The van der Waals surface area contributed by atoms with Crippen LogP contribution in [0.5, 0.6) is 0 Å². The molecule has 0 amide bonds. The number of carbonyl (C=O) groups is 1. The molecule has 18 heavy (non-hydrogen) atoms. The minimum atomic E-state index is -0.721. The van der Waals surface area contributed by atoms with E-state index in [0.29, 0.717) is 0 Å². The molecule has 0 aliphatic rings. The highest BCUT2D eigenvalue weighted by Gasteiger charge is 2.12. The first-order valence-corrected chi connectivity index (χ1v) is 5.03. The van der Waals surface area contributed by atoms with Crippen LogP contribution >= 0.6 is 0 Å². The van der Waals surface area contributed by atoms with Crippen LogP contribution < -0.4 is 11.2 Å². The molecular weight excluding hydrogens is 242 g/mol. The number of H-pyrrole nitrogens is 2. The summed E-state index contributed by atoms with van der Waals surface area (Å²) in [6.45, 7) is 1.91. The summed E-state index contributed by atoms with van der Waals surface area (Å²) in [7, 11) is 0. The van der Waals surface area contributed by atoms with Gasteiger partial charge in [0.1, 0.15) is 0 Å². The summed E-state index contributed by atoms with van der Waals surface area (Å²) < 4.78 is 5.84. The molecule has 0 aliphatic heterocycles. The van der Waals surface area contributed by atoms with Gasteiger partial charge in [0.25, 0.3) is 5.56 Å². The van der Waals surface area contributed by atoms with Gasteiger partial charge < -0.3 is 4.74 Å². The predicted molar refractivity (Wildman–Crippen MR) is 58.6 cm³/mol. The maximum absolute atomic E-state index is 11.4. The first-order valence-electron chi connectivity index (χ1n) is 5.03. The molecule has 0 bridgehead atoms. The van der Waals surface area contributed by atoms with Crippen LogP contribution in [0.1, 0.15) is 17.3 Å². The third-order valence-electron chi connectivity index (χ3n) is 2.00. The Morgan fingerprint density at radius 1 is 1.50 bits per heavy atom. The van der Waals surface area contributed by atoms with Gasteiger partial charge in [-0.3, -0.25) is 9.78 Å². The highest BCUT2D eigenvalue weighted by molar-refractivity contribution is 5.88. The van der Waals surface area contributed by atoms with E-state index >= 15 is 0 Å². The third-order valence-corrected chi connectivity index (χ3v) is 2.00. The van der Waals surface area contributed by atoms with E-state index in [0.717, 1.165) is 4.68 Å². The Kier molecular flexibility index (Phi) is 3.04. The lowest BCUT2D eigenvalue weighted by Gasteiger charge is -1.97. The van der Waals surface area contributed by atoms with Gasteiger partial charge in [0, 0.05) is 6.20 Å². The lowest BCUT2D eigenvalue weighted by molar-refractivity contribution is 0.0526. The zero-order valence-corrected chi connectivity index (χ0v) is 9.34. The lowest BCUT2D eigenvalue weighted by atomic mass is 10.4. The van der Waals surface area contributed by atoms with Crippen molar-refractivity contribution in [1.29, 1.82) is 0 Å². The van der Waals surface area contributed by atoms with Crippen molar-refractivity contribution >= 4 is 5.97 Å². The molecule has 0 saturated carbocycles. The molecule has 0 unspecified atom stereocenters. The van der Waals surface area contributed by atoms with E-state index in [1.54, 1.807) is 6.92 Å². The van der Waals surface area contributed by atoms with E-state index in [9.17, 15) is 14.4 Å². The maximum atomic E-state index is 11.4. The molecule has 2 aromatic rings. The first-order chi connectivity index (χ1) is 8.61. The Balaban J connectivity index is 2.38. The summed E-state index contributed by atoms with van der Waals surface area (Å²) in [4.78, 5) is 35.6. The first kappa shape index (κ1) is 11.8. The number of aromatic nitrogens is 5. The quantitative estimate of drug-likeness (QED) is 0.662. The second kappa shape index (κ2) is 4.65. The number of carbonyl (C=O) groups excluding carboxylic acids is 1. The fourth-order valence-electron chi connectivity index (χ4n) is 1.26. The molecule has 9 nitrogen and oxygen atoms in total. The molecule has 2 heterocycles. The summed E-state index contributed by atoms with van der Waals surface area (Å²) in [6.07, 6.45) is 2.53. The van der Waals surface area contributed by atoms with Gasteiger partial charge in [-0.15, -0.1) is 5.10 Å². The average molecular weight is 251 g/mol. The van der Waals surface area contributed by atoms with Crippen molar-refractivity contribution in [3.05, 3.63) is 38.8 Å². The van der Waals surface area contributed by atoms with Gasteiger partial charge in [0.15, 0.2) is 0 Å². The smallest absolute Gasteiger partial charge is 0.342 e. The van der Waals surface area contributed by atoms with Crippen molar-refractivity contribution < 1.29 is 9.53 Å². The molecule has 0 aliphatic carbocycles. The molecule has 0 radical (unpaired) electrons. The van der Waals surface area contributed by atoms with Crippen molar-refractivity contribution in [2.75, 3.05) is 6.61 Å². The van der Waals surface area contributed by atoms with Gasteiger partial charge in [-0.25, -0.2) is 19.4 Å². The molecule has 0 saturated heterocycles. The zero-order valence-electron chi connectivity index (χ0n) is 9.34. The van der Waals surface area contributed by atoms with Gasteiger partial charge in [-0.2, -0.15) is 5.10 Å². The van der Waals surface area contributed by atoms with Crippen molar-refractivity contribution in [1.82, 2.24) is 25.0 Å². The summed E-state index contributed by atoms with van der Waals surface area (Å²) >= 11 is 0. The van der Waals surface area contributed by atoms with Crippen LogP contribution in [0.15, 0.2) is 22.0 Å². The van der Waals surface area contributed by atoms with Crippen LogP contribution in [0.2, 0.25) is 0 Å². The van der Waals surface area contributed by atoms with Crippen LogP contribution in [0.3, 0.4) is 0 Å². The summed E-state index contributed by atoms with van der Waals surface area (Å²) in [6, 6.07) is 0. The maximum Gasteiger partial charge on any atom is 0.342 e. The third kappa shape index (κ3) is 2.19. The number of aromatic amines is 2. The highest BCUT2D eigenvalue weighted by Crippen LogP contribution is 2.02. The Morgan fingerprint density at radius 2 is 2.28 bits per heavy atom. The van der Waals surface area contributed by atoms with Crippen LogP contribution in [0.25, 0.3) is 5.82 Å². The number of esters is 1. The average Bonchev–Trinajstić information content (AvgIpc) is 2.78. The van der Waals surface area contributed by atoms with Gasteiger partial charge in [-0.05, 0) is 6.92 Å². The Hall–Kier alpha value is -2.71. The van der Waals surface area contributed by atoms with Crippen molar-refractivity contribution in [3.8, 4) is 5.82 Å². The van der Waals surface area contributed by atoms with Gasteiger partial charge >= 0.3 is 11.7 Å². The Bertz CT molecular complexity index is 683. The summed E-state index contributed by atoms with van der Waals surface area (Å²) in [5.41, 5.74) is -1.25. The van der Waals surface area contributed by atoms with Gasteiger partial charge in [-0.1, -0.05) is 0 Å². The van der Waals surface area contributed by atoms with E-state index < -0.39 is 17.2 Å². The molecule has 2 N–H and O–H groups in total. The molecule has 94 valence electrons. The van der Waals surface area contributed by atoms with Gasteiger partial charge in [0.05, 0.1) is 18.4 Å². The fourth-order valence-corrected chi connectivity index (χ4v) is 1.26. The molecule has 0 fully saturated rings. The fraction of sp³-hybridized carbons (Fsp3) is 0.222. The number of nitrogens with one attached hydrogen (secondary N) is 2. The Morgan fingerprint density at radius 3 is 2.94 bits per heavy atom. The normalized spacial score (nSPS) is 10.3. The Labute approximate surface area is 99.4 Å². The molecule has 0 atom stereocenters. The van der Waals surface area contributed by atoms with E-state index in [2.05, 4.69) is 15.3 Å². The summed E-state index contributed by atoms with van der Waals surface area (Å²) in [5, 5.41) is 9.39. The van der Waals surface area contributed by atoms with Crippen LogP contribution in [-0.2, 0) is 4.74 Å². The molecule has 2 aromatic heterocycles. The predicted octanol–water partition coefficient (Wildman–Crippen LogP) is -1.18. The lowest BCUT2D eigenvalue weighted by Crippen LogP contribution is -2.28. The number of ether oxygens (including phenoxy) is 1. The van der Waals surface area contributed by atoms with Crippen molar-refractivity contribution in [2.45, 2.75) is 6.92 Å². The largest absolute Gasteiger partial charge is 0.462 e.